The monoisotopic (exact) mass is 298 g/mol. The first kappa shape index (κ1) is 15.2. The summed E-state index contributed by atoms with van der Waals surface area (Å²) in [5, 5.41) is 0. The van der Waals surface area contributed by atoms with Gasteiger partial charge in [-0.1, -0.05) is 42.0 Å². The molecule has 1 heterocycles. The molecule has 3 rings (SSSR count). The third kappa shape index (κ3) is 3.73. The summed E-state index contributed by atoms with van der Waals surface area (Å²) in [5.74, 6) is 0.203. The zero-order valence-corrected chi connectivity index (χ0v) is 13.0. The Balaban J connectivity index is 1.72. The summed E-state index contributed by atoms with van der Waals surface area (Å²) >= 11 is 0. The molecule has 22 heavy (non-hydrogen) atoms. The normalized spacial score (nSPS) is 22.7. The van der Waals surface area contributed by atoms with Crippen molar-refractivity contribution < 1.29 is 4.39 Å². The summed E-state index contributed by atoms with van der Waals surface area (Å²) in [4.78, 5) is 2.41. The number of nitrogens with zero attached hydrogens (tertiary/aromatic N) is 1. The minimum atomic E-state index is -0.180. The van der Waals surface area contributed by atoms with Gasteiger partial charge in [-0.15, -0.1) is 0 Å². The van der Waals surface area contributed by atoms with Gasteiger partial charge in [-0.3, -0.25) is 4.90 Å². The largest absolute Gasteiger partial charge is 0.327 e. The van der Waals surface area contributed by atoms with Gasteiger partial charge in [-0.2, -0.15) is 0 Å². The van der Waals surface area contributed by atoms with Crippen LogP contribution >= 0.6 is 0 Å². The number of nitrogens with two attached hydrogens (primary N) is 1. The van der Waals surface area contributed by atoms with Gasteiger partial charge in [0.15, 0.2) is 0 Å². The van der Waals surface area contributed by atoms with E-state index in [1.807, 2.05) is 12.1 Å². The van der Waals surface area contributed by atoms with Crippen molar-refractivity contribution in [3.63, 3.8) is 0 Å². The van der Waals surface area contributed by atoms with Crippen molar-refractivity contribution >= 4 is 0 Å². The molecular weight excluding hydrogens is 275 g/mol. The quantitative estimate of drug-likeness (QED) is 0.940. The van der Waals surface area contributed by atoms with Gasteiger partial charge >= 0.3 is 0 Å². The van der Waals surface area contributed by atoms with Gasteiger partial charge < -0.3 is 5.73 Å². The number of rotatable bonds is 3. The Morgan fingerprint density at radius 2 is 1.91 bits per heavy atom. The van der Waals surface area contributed by atoms with E-state index in [2.05, 4.69) is 36.1 Å². The molecule has 116 valence electrons. The third-order valence-corrected chi connectivity index (χ3v) is 4.39. The maximum Gasteiger partial charge on any atom is 0.123 e. The zero-order valence-electron chi connectivity index (χ0n) is 13.0. The van der Waals surface area contributed by atoms with Crippen molar-refractivity contribution in [1.82, 2.24) is 4.90 Å². The van der Waals surface area contributed by atoms with Gasteiger partial charge in [-0.25, -0.2) is 4.39 Å². The molecular formula is C19H23FN2. The topological polar surface area (TPSA) is 29.3 Å². The second-order valence-corrected chi connectivity index (χ2v) is 6.43. The van der Waals surface area contributed by atoms with E-state index in [4.69, 9.17) is 5.73 Å². The molecule has 0 spiro atoms. The molecule has 1 saturated heterocycles. The second-order valence-electron chi connectivity index (χ2n) is 6.43. The molecule has 1 aliphatic heterocycles. The molecule has 3 heteroatoms. The molecule has 0 aliphatic carbocycles. The van der Waals surface area contributed by atoms with Crippen LogP contribution in [0.1, 0.15) is 29.0 Å². The highest BCUT2D eigenvalue weighted by Gasteiger charge is 2.26. The van der Waals surface area contributed by atoms with Crippen molar-refractivity contribution in [1.29, 1.82) is 0 Å². The third-order valence-electron chi connectivity index (χ3n) is 4.39. The van der Waals surface area contributed by atoms with Crippen LogP contribution in [0.15, 0.2) is 48.5 Å². The molecule has 1 aliphatic rings. The first-order valence-electron chi connectivity index (χ1n) is 7.89. The molecule has 2 aromatic carbocycles. The number of aryl methyl sites for hydroxylation is 1. The van der Waals surface area contributed by atoms with Gasteiger partial charge in [-0.05, 0) is 42.5 Å². The number of halogens is 1. The number of piperidine rings is 1. The number of benzene rings is 2. The number of likely N-dealkylation sites (tertiary alicyclic amines) is 1. The molecule has 0 radical (unpaired) electrons. The summed E-state index contributed by atoms with van der Waals surface area (Å²) in [6, 6.07) is 15.7. The van der Waals surface area contributed by atoms with Crippen molar-refractivity contribution in [2.24, 2.45) is 5.73 Å². The van der Waals surface area contributed by atoms with Crippen molar-refractivity contribution in [2.45, 2.75) is 31.8 Å². The van der Waals surface area contributed by atoms with Crippen LogP contribution in [0.5, 0.6) is 0 Å². The molecule has 0 amide bonds. The molecule has 1 fully saturated rings. The lowest BCUT2D eigenvalue weighted by atomic mass is 9.88. The highest BCUT2D eigenvalue weighted by molar-refractivity contribution is 5.24. The lowest BCUT2D eigenvalue weighted by molar-refractivity contribution is 0.181. The van der Waals surface area contributed by atoms with Crippen LogP contribution in [0.25, 0.3) is 0 Å². The Labute approximate surface area is 131 Å². The lowest BCUT2D eigenvalue weighted by Gasteiger charge is -2.36. The molecule has 0 bridgehead atoms. The average molecular weight is 298 g/mol. The fourth-order valence-corrected chi connectivity index (χ4v) is 3.41. The second kappa shape index (κ2) is 6.59. The fraction of sp³-hybridized carbons (Fsp3) is 0.368. The molecule has 2 unspecified atom stereocenters. The van der Waals surface area contributed by atoms with E-state index in [1.54, 1.807) is 12.1 Å². The minimum absolute atomic E-state index is 0.175. The Morgan fingerprint density at radius 1 is 1.14 bits per heavy atom. The van der Waals surface area contributed by atoms with E-state index in [9.17, 15) is 4.39 Å². The van der Waals surface area contributed by atoms with E-state index in [0.717, 1.165) is 26.1 Å². The van der Waals surface area contributed by atoms with Crippen LogP contribution in [-0.2, 0) is 6.54 Å². The lowest BCUT2D eigenvalue weighted by Crippen LogP contribution is -2.45. The van der Waals surface area contributed by atoms with Gasteiger partial charge in [0, 0.05) is 25.7 Å². The summed E-state index contributed by atoms with van der Waals surface area (Å²) in [6.07, 6.45) is 0.968. The predicted octanol–water partition coefficient (Wildman–Crippen LogP) is 3.45. The maximum atomic E-state index is 13.1. The van der Waals surface area contributed by atoms with Crippen LogP contribution in [0.4, 0.5) is 4.39 Å². The fourth-order valence-electron chi connectivity index (χ4n) is 3.41. The molecule has 2 N–H and O–H groups in total. The van der Waals surface area contributed by atoms with Crippen LogP contribution < -0.4 is 5.73 Å². The molecule has 0 aromatic heterocycles. The van der Waals surface area contributed by atoms with Crippen molar-refractivity contribution in [3.8, 4) is 0 Å². The highest BCUT2D eigenvalue weighted by atomic mass is 19.1. The Morgan fingerprint density at radius 3 is 2.64 bits per heavy atom. The van der Waals surface area contributed by atoms with Gasteiger partial charge in [0.25, 0.3) is 0 Å². The first-order chi connectivity index (χ1) is 10.6. The van der Waals surface area contributed by atoms with Crippen LogP contribution in [0.2, 0.25) is 0 Å². The summed E-state index contributed by atoms with van der Waals surface area (Å²) in [7, 11) is 0. The molecule has 2 atom stereocenters. The maximum absolute atomic E-state index is 13.1. The summed E-state index contributed by atoms with van der Waals surface area (Å²) in [5.41, 5.74) is 10.0. The van der Waals surface area contributed by atoms with E-state index in [1.165, 1.54) is 16.7 Å². The van der Waals surface area contributed by atoms with Gasteiger partial charge in [0.1, 0.15) is 5.82 Å². The van der Waals surface area contributed by atoms with Crippen molar-refractivity contribution in [3.05, 3.63) is 71.0 Å². The molecule has 2 aromatic rings. The van der Waals surface area contributed by atoms with Gasteiger partial charge in [0.2, 0.25) is 0 Å². The molecule has 2 nitrogen and oxygen atoms in total. The Bertz CT molecular complexity index is 624. The summed E-state index contributed by atoms with van der Waals surface area (Å²) in [6.45, 7) is 4.94. The average Bonchev–Trinajstić information content (AvgIpc) is 2.47. The van der Waals surface area contributed by atoms with E-state index < -0.39 is 0 Å². The van der Waals surface area contributed by atoms with E-state index >= 15 is 0 Å². The highest BCUT2D eigenvalue weighted by Crippen LogP contribution is 2.27. The van der Waals surface area contributed by atoms with Crippen LogP contribution in [0.3, 0.4) is 0 Å². The van der Waals surface area contributed by atoms with Crippen LogP contribution in [-0.4, -0.2) is 24.0 Å². The Kier molecular flexibility index (Phi) is 4.55. The molecule has 0 saturated carbocycles. The standard InChI is InChI=1S/C19H23FN2/c1-14-3-2-4-15(9-14)11-22-12-17(10-19(21)13-22)16-5-7-18(20)8-6-16/h2-9,17,19H,10-13,21H2,1H3. The predicted molar refractivity (Wildman–Crippen MR) is 88.2 cm³/mol. The first-order valence-corrected chi connectivity index (χ1v) is 7.89. The van der Waals surface area contributed by atoms with Crippen molar-refractivity contribution in [2.75, 3.05) is 13.1 Å². The van der Waals surface area contributed by atoms with Gasteiger partial charge in [0.05, 0.1) is 0 Å². The van der Waals surface area contributed by atoms with E-state index in [-0.39, 0.29) is 11.9 Å². The number of hydrogen-bond donors (Lipinski definition) is 1. The minimum Gasteiger partial charge on any atom is -0.327 e. The zero-order chi connectivity index (χ0) is 15.5. The Hall–Kier alpha value is -1.71. The number of hydrogen-bond acceptors (Lipinski definition) is 2. The van der Waals surface area contributed by atoms with Crippen LogP contribution in [0, 0.1) is 12.7 Å². The summed E-state index contributed by atoms with van der Waals surface area (Å²) < 4.78 is 13.1. The smallest absolute Gasteiger partial charge is 0.123 e. The van der Waals surface area contributed by atoms with E-state index in [0.29, 0.717) is 5.92 Å². The SMILES string of the molecule is Cc1cccc(CN2CC(N)CC(c3ccc(F)cc3)C2)c1.